The maximum atomic E-state index is 12.6. The van der Waals surface area contributed by atoms with Crippen molar-refractivity contribution in [3.05, 3.63) is 58.9 Å². The lowest BCUT2D eigenvalue weighted by molar-refractivity contribution is 0.193. The van der Waals surface area contributed by atoms with Crippen LogP contribution in [-0.4, -0.2) is 34.0 Å². The fourth-order valence-electron chi connectivity index (χ4n) is 3.70. The second-order valence-electron chi connectivity index (χ2n) is 6.99. The van der Waals surface area contributed by atoms with Gasteiger partial charge in [-0.25, -0.2) is 9.78 Å². The molecule has 1 aromatic heterocycles. The predicted octanol–water partition coefficient (Wildman–Crippen LogP) is 5.19. The molecule has 2 aromatic carbocycles. The molecule has 6 heteroatoms. The molecule has 0 saturated carbocycles. The Morgan fingerprint density at radius 3 is 2.81 bits per heavy atom. The maximum Gasteiger partial charge on any atom is 0.321 e. The molecule has 0 spiro atoms. The maximum absolute atomic E-state index is 12.6. The van der Waals surface area contributed by atoms with Gasteiger partial charge < -0.3 is 15.2 Å². The molecule has 2 N–H and O–H groups in total. The summed E-state index contributed by atoms with van der Waals surface area (Å²) in [6.07, 6.45) is 2.70. The summed E-state index contributed by atoms with van der Waals surface area (Å²) >= 11 is 6.06. The number of hydrogen-bond donors (Lipinski definition) is 2. The highest BCUT2D eigenvalue weighted by Crippen LogP contribution is 2.29. The topological polar surface area (TPSA) is 61.0 Å². The molecule has 2 amide bonds. The first-order chi connectivity index (χ1) is 13.1. The van der Waals surface area contributed by atoms with Gasteiger partial charge in [-0.1, -0.05) is 36.7 Å². The first-order valence-electron chi connectivity index (χ1n) is 9.43. The molecule has 0 bridgehead atoms. The van der Waals surface area contributed by atoms with E-state index in [0.29, 0.717) is 10.9 Å². The minimum absolute atomic E-state index is 0.0225. The highest BCUT2D eigenvalue weighted by atomic mass is 35.5. The zero-order valence-corrected chi connectivity index (χ0v) is 16.1. The molecule has 140 valence electrons. The van der Waals surface area contributed by atoms with Crippen molar-refractivity contribution in [3.63, 3.8) is 0 Å². The first-order valence-corrected chi connectivity index (χ1v) is 9.81. The minimum atomic E-state index is -0.0225. The van der Waals surface area contributed by atoms with Gasteiger partial charge in [0, 0.05) is 29.7 Å². The Labute approximate surface area is 163 Å². The average molecular weight is 383 g/mol. The number of urea groups is 1. The molecule has 0 unspecified atom stereocenters. The molecular formula is C21H23ClN4O. The van der Waals surface area contributed by atoms with Gasteiger partial charge in [-0.3, -0.25) is 0 Å². The van der Waals surface area contributed by atoms with Crippen LogP contribution in [-0.2, 0) is 6.42 Å². The van der Waals surface area contributed by atoms with E-state index in [-0.39, 0.29) is 6.03 Å². The summed E-state index contributed by atoms with van der Waals surface area (Å²) in [6, 6.07) is 13.6. The van der Waals surface area contributed by atoms with Crippen LogP contribution in [0.5, 0.6) is 0 Å². The lowest BCUT2D eigenvalue weighted by atomic mass is 9.96. The summed E-state index contributed by atoms with van der Waals surface area (Å²) in [4.78, 5) is 22.6. The van der Waals surface area contributed by atoms with Crippen molar-refractivity contribution in [1.29, 1.82) is 0 Å². The molecule has 0 radical (unpaired) electrons. The Bertz CT molecular complexity index is 960. The van der Waals surface area contributed by atoms with Crippen molar-refractivity contribution >= 4 is 34.4 Å². The standard InChI is InChI=1S/C21H23ClN4O/c1-2-14-5-3-4-6-17(14)25-21(27)26-11-9-15(10-12-26)20-23-18-8-7-16(22)13-19(18)24-20/h3-8,13,15H,2,9-12H2,1H3,(H,23,24)(H,25,27). The average Bonchev–Trinajstić information content (AvgIpc) is 3.11. The third-order valence-electron chi connectivity index (χ3n) is 5.27. The van der Waals surface area contributed by atoms with E-state index < -0.39 is 0 Å². The Morgan fingerprint density at radius 2 is 2.04 bits per heavy atom. The van der Waals surface area contributed by atoms with Crippen molar-refractivity contribution in [2.75, 3.05) is 18.4 Å². The minimum Gasteiger partial charge on any atom is -0.342 e. The number of imidazole rings is 1. The molecule has 0 atom stereocenters. The quantitative estimate of drug-likeness (QED) is 0.654. The number of piperidine rings is 1. The van der Waals surface area contributed by atoms with E-state index in [9.17, 15) is 4.79 Å². The number of nitrogens with one attached hydrogen (secondary N) is 2. The summed E-state index contributed by atoms with van der Waals surface area (Å²) < 4.78 is 0. The predicted molar refractivity (Wildman–Crippen MR) is 109 cm³/mol. The van der Waals surface area contributed by atoms with Crippen LogP contribution in [0.1, 0.15) is 37.1 Å². The van der Waals surface area contributed by atoms with E-state index in [4.69, 9.17) is 16.6 Å². The Hall–Kier alpha value is -2.53. The zero-order valence-electron chi connectivity index (χ0n) is 15.3. The number of para-hydroxylation sites is 1. The van der Waals surface area contributed by atoms with Crippen LogP contribution in [0, 0.1) is 0 Å². The summed E-state index contributed by atoms with van der Waals surface area (Å²) in [6.45, 7) is 3.54. The van der Waals surface area contributed by atoms with E-state index >= 15 is 0 Å². The molecule has 3 aromatic rings. The van der Waals surface area contributed by atoms with Gasteiger partial charge in [-0.2, -0.15) is 0 Å². The second kappa shape index (κ2) is 7.61. The molecular weight excluding hydrogens is 360 g/mol. The van der Waals surface area contributed by atoms with Crippen LogP contribution in [0.4, 0.5) is 10.5 Å². The molecule has 1 saturated heterocycles. The molecule has 4 rings (SSSR count). The third-order valence-corrected chi connectivity index (χ3v) is 5.51. The number of fused-ring (bicyclic) bond motifs is 1. The summed E-state index contributed by atoms with van der Waals surface area (Å²) in [5, 5.41) is 3.77. The number of H-pyrrole nitrogens is 1. The lowest BCUT2D eigenvalue weighted by Gasteiger charge is -2.31. The fourth-order valence-corrected chi connectivity index (χ4v) is 3.87. The fraction of sp³-hybridized carbons (Fsp3) is 0.333. The third kappa shape index (κ3) is 3.78. The summed E-state index contributed by atoms with van der Waals surface area (Å²) in [5.41, 5.74) is 3.96. The number of carbonyl (C=O) groups excluding carboxylic acids is 1. The van der Waals surface area contributed by atoms with Crippen molar-refractivity contribution in [1.82, 2.24) is 14.9 Å². The number of anilines is 1. The molecule has 5 nitrogen and oxygen atoms in total. The molecule has 0 aliphatic carbocycles. The first kappa shape index (κ1) is 17.9. The van der Waals surface area contributed by atoms with Crippen LogP contribution < -0.4 is 5.32 Å². The van der Waals surface area contributed by atoms with Gasteiger partial charge in [-0.15, -0.1) is 0 Å². The molecule has 1 fully saturated rings. The molecule has 1 aliphatic rings. The van der Waals surface area contributed by atoms with Gasteiger partial charge in [0.25, 0.3) is 0 Å². The van der Waals surface area contributed by atoms with E-state index in [1.165, 1.54) is 0 Å². The Kier molecular flexibility index (Phi) is 5.03. The summed E-state index contributed by atoms with van der Waals surface area (Å²) in [7, 11) is 0. The van der Waals surface area contributed by atoms with Crippen molar-refractivity contribution < 1.29 is 4.79 Å². The largest absolute Gasteiger partial charge is 0.342 e. The summed E-state index contributed by atoms with van der Waals surface area (Å²) in [5.74, 6) is 1.33. The van der Waals surface area contributed by atoms with Crippen LogP contribution in [0.25, 0.3) is 11.0 Å². The zero-order chi connectivity index (χ0) is 18.8. The Morgan fingerprint density at radius 1 is 1.26 bits per heavy atom. The number of rotatable bonds is 3. The van der Waals surface area contributed by atoms with Gasteiger partial charge in [0.15, 0.2) is 0 Å². The van der Waals surface area contributed by atoms with Gasteiger partial charge in [0.1, 0.15) is 5.82 Å². The van der Waals surface area contributed by atoms with Crippen LogP contribution in [0.2, 0.25) is 5.02 Å². The Balaban J connectivity index is 1.40. The molecule has 1 aliphatic heterocycles. The number of hydrogen-bond acceptors (Lipinski definition) is 2. The highest BCUT2D eigenvalue weighted by Gasteiger charge is 2.26. The number of amides is 2. The van der Waals surface area contributed by atoms with E-state index in [1.807, 2.05) is 41.3 Å². The number of nitrogens with zero attached hydrogens (tertiary/aromatic N) is 2. The lowest BCUT2D eigenvalue weighted by Crippen LogP contribution is -2.40. The van der Waals surface area contributed by atoms with Crippen LogP contribution in [0.3, 0.4) is 0 Å². The van der Waals surface area contributed by atoms with E-state index in [1.54, 1.807) is 0 Å². The van der Waals surface area contributed by atoms with Crippen molar-refractivity contribution in [2.45, 2.75) is 32.1 Å². The monoisotopic (exact) mass is 382 g/mol. The van der Waals surface area contributed by atoms with Gasteiger partial charge in [0.05, 0.1) is 11.0 Å². The number of carbonyl (C=O) groups is 1. The number of aryl methyl sites for hydroxylation is 1. The second-order valence-corrected chi connectivity index (χ2v) is 7.42. The van der Waals surface area contributed by atoms with Crippen LogP contribution in [0.15, 0.2) is 42.5 Å². The van der Waals surface area contributed by atoms with Gasteiger partial charge >= 0.3 is 6.03 Å². The van der Waals surface area contributed by atoms with Gasteiger partial charge in [-0.05, 0) is 49.1 Å². The van der Waals surface area contributed by atoms with Crippen molar-refractivity contribution in [2.24, 2.45) is 0 Å². The number of halogens is 1. The normalized spacial score (nSPS) is 15.3. The number of likely N-dealkylation sites (tertiary alicyclic amines) is 1. The van der Waals surface area contributed by atoms with Crippen LogP contribution >= 0.6 is 11.6 Å². The SMILES string of the molecule is CCc1ccccc1NC(=O)N1CCC(c2nc3ccc(Cl)cc3[nH]2)CC1. The number of benzene rings is 2. The number of aromatic amines is 1. The van der Waals surface area contributed by atoms with Gasteiger partial charge in [0.2, 0.25) is 0 Å². The smallest absolute Gasteiger partial charge is 0.321 e. The molecule has 2 heterocycles. The van der Waals surface area contributed by atoms with E-state index in [2.05, 4.69) is 23.3 Å². The van der Waals surface area contributed by atoms with E-state index in [0.717, 1.165) is 60.5 Å². The molecule has 27 heavy (non-hydrogen) atoms. The highest BCUT2D eigenvalue weighted by molar-refractivity contribution is 6.31. The van der Waals surface area contributed by atoms with Crippen molar-refractivity contribution in [3.8, 4) is 0 Å². The number of aromatic nitrogens is 2.